The molecule has 1 aromatic heterocycles. The first-order chi connectivity index (χ1) is 11.7. The number of hydrogen-bond acceptors (Lipinski definition) is 4. The third-order valence-corrected chi connectivity index (χ3v) is 4.15. The van der Waals surface area contributed by atoms with Gasteiger partial charge in [0.25, 0.3) is 0 Å². The highest BCUT2D eigenvalue weighted by atomic mass is 19.1. The molecule has 124 valence electrons. The maximum atomic E-state index is 13.3. The van der Waals surface area contributed by atoms with Gasteiger partial charge < -0.3 is 10.6 Å². The Morgan fingerprint density at radius 3 is 2.92 bits per heavy atom. The van der Waals surface area contributed by atoms with Crippen molar-refractivity contribution in [1.82, 2.24) is 9.78 Å². The minimum atomic E-state index is -0.576. The van der Waals surface area contributed by atoms with Gasteiger partial charge in [-0.15, -0.1) is 0 Å². The van der Waals surface area contributed by atoms with Gasteiger partial charge in [-0.2, -0.15) is 10.4 Å². The van der Waals surface area contributed by atoms with Crippen molar-refractivity contribution in [2.75, 3.05) is 17.2 Å². The van der Waals surface area contributed by atoms with E-state index in [0.717, 1.165) is 12.8 Å². The van der Waals surface area contributed by atoms with E-state index in [1.165, 1.54) is 31.0 Å². The molecule has 1 saturated carbocycles. The van der Waals surface area contributed by atoms with Crippen LogP contribution in [0.4, 0.5) is 15.9 Å². The highest BCUT2D eigenvalue weighted by Crippen LogP contribution is 2.31. The van der Waals surface area contributed by atoms with Crippen molar-refractivity contribution in [2.24, 2.45) is 0 Å². The molecule has 0 spiro atoms. The summed E-state index contributed by atoms with van der Waals surface area (Å²) in [4.78, 5) is 12.1. The van der Waals surface area contributed by atoms with Crippen molar-refractivity contribution in [3.8, 4) is 6.07 Å². The average Bonchev–Trinajstić information content (AvgIpc) is 3.25. The lowest BCUT2D eigenvalue weighted by Gasteiger charge is -2.15. The van der Waals surface area contributed by atoms with Gasteiger partial charge in [0.05, 0.1) is 24.3 Å². The summed E-state index contributed by atoms with van der Waals surface area (Å²) >= 11 is 0. The second-order valence-corrected chi connectivity index (χ2v) is 5.81. The number of carbonyl (C=O) groups is 1. The van der Waals surface area contributed by atoms with Crippen molar-refractivity contribution in [3.63, 3.8) is 0 Å². The Kier molecular flexibility index (Phi) is 4.75. The number of anilines is 2. The zero-order valence-electron chi connectivity index (χ0n) is 13.1. The summed E-state index contributed by atoms with van der Waals surface area (Å²) < 4.78 is 15.1. The molecule has 1 amide bonds. The fourth-order valence-electron chi connectivity index (χ4n) is 2.94. The number of benzene rings is 1. The molecule has 1 heterocycles. The molecule has 2 aromatic rings. The van der Waals surface area contributed by atoms with Crippen molar-refractivity contribution in [2.45, 2.75) is 31.7 Å². The van der Waals surface area contributed by atoms with Crippen LogP contribution in [0, 0.1) is 17.1 Å². The largest absolute Gasteiger partial charge is 0.376 e. The van der Waals surface area contributed by atoms with E-state index in [1.54, 1.807) is 18.3 Å². The Balaban J connectivity index is 1.59. The molecule has 6 nitrogen and oxygen atoms in total. The summed E-state index contributed by atoms with van der Waals surface area (Å²) in [7, 11) is 0. The van der Waals surface area contributed by atoms with Crippen LogP contribution in [0.3, 0.4) is 0 Å². The summed E-state index contributed by atoms with van der Waals surface area (Å²) in [6.45, 7) is 0.0202. The van der Waals surface area contributed by atoms with Gasteiger partial charge in [-0.05, 0) is 31.0 Å². The van der Waals surface area contributed by atoms with Gasteiger partial charge in [-0.1, -0.05) is 12.8 Å². The summed E-state index contributed by atoms with van der Waals surface area (Å²) in [5.74, 6) is -0.115. The Morgan fingerprint density at radius 1 is 1.38 bits per heavy atom. The van der Waals surface area contributed by atoms with Crippen molar-refractivity contribution in [1.29, 1.82) is 5.26 Å². The topological polar surface area (TPSA) is 82.7 Å². The van der Waals surface area contributed by atoms with Gasteiger partial charge in [0.15, 0.2) is 0 Å². The van der Waals surface area contributed by atoms with E-state index in [9.17, 15) is 9.18 Å². The Morgan fingerprint density at radius 2 is 2.17 bits per heavy atom. The zero-order valence-corrected chi connectivity index (χ0v) is 13.1. The normalized spacial score (nSPS) is 14.3. The van der Waals surface area contributed by atoms with Crippen LogP contribution < -0.4 is 10.6 Å². The fraction of sp³-hybridized carbons (Fsp3) is 0.353. The smallest absolute Gasteiger partial charge is 0.244 e. The second kappa shape index (κ2) is 7.13. The number of carbonyl (C=O) groups excluding carboxylic acids is 1. The number of halogens is 1. The van der Waals surface area contributed by atoms with Gasteiger partial charge in [0.2, 0.25) is 5.91 Å². The van der Waals surface area contributed by atoms with Crippen LogP contribution in [0.25, 0.3) is 0 Å². The summed E-state index contributed by atoms with van der Waals surface area (Å²) in [6, 6.07) is 7.97. The lowest BCUT2D eigenvalue weighted by atomic mass is 10.2. The van der Waals surface area contributed by atoms with Crippen molar-refractivity contribution >= 4 is 17.4 Å². The van der Waals surface area contributed by atoms with E-state index in [4.69, 9.17) is 5.26 Å². The molecular formula is C17H18FN5O. The Hall–Kier alpha value is -2.88. The number of nitriles is 1. The predicted octanol–water partition coefficient (Wildman–Crippen LogP) is 3.06. The summed E-state index contributed by atoms with van der Waals surface area (Å²) in [5.41, 5.74) is 0.465. The number of rotatable bonds is 5. The number of hydrogen-bond donors (Lipinski definition) is 2. The average molecular weight is 327 g/mol. The molecule has 0 atom stereocenters. The fourth-order valence-corrected chi connectivity index (χ4v) is 2.94. The second-order valence-electron chi connectivity index (χ2n) is 5.81. The monoisotopic (exact) mass is 327 g/mol. The van der Waals surface area contributed by atoms with Gasteiger partial charge in [-0.3, -0.25) is 4.79 Å². The summed E-state index contributed by atoms with van der Waals surface area (Å²) in [5, 5.41) is 18.9. The molecule has 0 bridgehead atoms. The van der Waals surface area contributed by atoms with Crippen LogP contribution in [-0.2, 0) is 4.79 Å². The van der Waals surface area contributed by atoms with Crippen LogP contribution in [0.5, 0.6) is 0 Å². The third-order valence-electron chi connectivity index (χ3n) is 4.15. The molecule has 0 unspecified atom stereocenters. The third kappa shape index (κ3) is 3.54. The first-order valence-corrected chi connectivity index (χ1v) is 7.94. The number of aromatic nitrogens is 2. The lowest BCUT2D eigenvalue weighted by molar-refractivity contribution is -0.114. The molecule has 0 saturated heterocycles. The van der Waals surface area contributed by atoms with E-state index < -0.39 is 5.82 Å². The van der Waals surface area contributed by atoms with Crippen molar-refractivity contribution < 1.29 is 9.18 Å². The zero-order chi connectivity index (χ0) is 16.9. The number of amides is 1. The molecule has 0 aliphatic heterocycles. The molecular weight excluding hydrogens is 309 g/mol. The number of nitrogens with one attached hydrogen (secondary N) is 2. The highest BCUT2D eigenvalue weighted by Gasteiger charge is 2.20. The van der Waals surface area contributed by atoms with Crippen LogP contribution in [0.2, 0.25) is 0 Å². The van der Waals surface area contributed by atoms with E-state index in [-0.39, 0.29) is 18.0 Å². The van der Waals surface area contributed by atoms with Crippen LogP contribution in [0.15, 0.2) is 30.5 Å². The first kappa shape index (κ1) is 16.0. The van der Waals surface area contributed by atoms with E-state index in [1.807, 2.05) is 4.68 Å². The quantitative estimate of drug-likeness (QED) is 0.884. The SMILES string of the molecule is N#Cc1cc(NCC(=O)Nc2ccnn2C2CCCC2)ccc1F. The molecule has 1 aliphatic carbocycles. The Bertz CT molecular complexity index is 774. The molecule has 0 radical (unpaired) electrons. The predicted molar refractivity (Wildman–Crippen MR) is 88.0 cm³/mol. The van der Waals surface area contributed by atoms with E-state index in [2.05, 4.69) is 15.7 Å². The number of nitrogens with zero attached hydrogens (tertiary/aromatic N) is 3. The van der Waals surface area contributed by atoms with Crippen LogP contribution in [-0.4, -0.2) is 22.2 Å². The molecule has 2 N–H and O–H groups in total. The van der Waals surface area contributed by atoms with Gasteiger partial charge in [0, 0.05) is 11.8 Å². The minimum absolute atomic E-state index is 0.0202. The molecule has 1 fully saturated rings. The molecule has 24 heavy (non-hydrogen) atoms. The van der Waals surface area contributed by atoms with Gasteiger partial charge >= 0.3 is 0 Å². The first-order valence-electron chi connectivity index (χ1n) is 7.94. The Labute approximate surface area is 139 Å². The molecule has 1 aromatic carbocycles. The maximum absolute atomic E-state index is 13.3. The van der Waals surface area contributed by atoms with Gasteiger partial charge in [-0.25, -0.2) is 9.07 Å². The molecule has 1 aliphatic rings. The standard InChI is InChI=1S/C17H18FN5O/c18-15-6-5-13(9-12(15)10-19)20-11-17(24)22-16-7-8-21-23(16)14-3-1-2-4-14/h5-9,14,20H,1-4,11H2,(H,22,24). The molecule has 7 heteroatoms. The molecule has 3 rings (SSSR count). The summed E-state index contributed by atoms with van der Waals surface area (Å²) in [6.07, 6.45) is 6.21. The van der Waals surface area contributed by atoms with Gasteiger partial charge in [0.1, 0.15) is 17.7 Å². The van der Waals surface area contributed by atoms with E-state index in [0.29, 0.717) is 17.5 Å². The van der Waals surface area contributed by atoms with E-state index >= 15 is 0 Å². The maximum Gasteiger partial charge on any atom is 0.244 e. The van der Waals surface area contributed by atoms with Crippen LogP contribution >= 0.6 is 0 Å². The minimum Gasteiger partial charge on any atom is -0.376 e. The van der Waals surface area contributed by atoms with Crippen molar-refractivity contribution in [3.05, 3.63) is 41.8 Å². The van der Waals surface area contributed by atoms with Crippen LogP contribution in [0.1, 0.15) is 37.3 Å². The highest BCUT2D eigenvalue weighted by molar-refractivity contribution is 5.93. The lowest BCUT2D eigenvalue weighted by Crippen LogP contribution is -2.24.